The lowest BCUT2D eigenvalue weighted by Crippen LogP contribution is -2.28. The van der Waals surface area contributed by atoms with Gasteiger partial charge in [0.2, 0.25) is 0 Å². The van der Waals surface area contributed by atoms with E-state index in [4.69, 9.17) is 4.74 Å². The van der Waals surface area contributed by atoms with E-state index in [0.29, 0.717) is 5.92 Å². The number of aryl methyl sites for hydroxylation is 1. The van der Waals surface area contributed by atoms with E-state index in [1.807, 2.05) is 0 Å². The van der Waals surface area contributed by atoms with Gasteiger partial charge in [0.25, 0.3) is 0 Å². The van der Waals surface area contributed by atoms with Crippen molar-refractivity contribution in [1.82, 2.24) is 0 Å². The third kappa shape index (κ3) is 6.70. The average molecular weight is 840 g/mol. The van der Waals surface area contributed by atoms with Gasteiger partial charge in [-0.3, -0.25) is 0 Å². The van der Waals surface area contributed by atoms with Crippen molar-refractivity contribution in [2.45, 2.75) is 57.8 Å². The van der Waals surface area contributed by atoms with Crippen LogP contribution in [0.4, 0.5) is 17.1 Å². The molecule has 0 saturated carbocycles. The molecule has 0 bridgehead atoms. The first-order valence-electron chi connectivity index (χ1n) is 23.1. The Bertz CT molecular complexity index is 3180. The van der Waals surface area contributed by atoms with Crippen molar-refractivity contribution in [3.8, 4) is 44.9 Å². The van der Waals surface area contributed by atoms with Crippen LogP contribution in [-0.4, -0.2) is 0 Å². The summed E-state index contributed by atoms with van der Waals surface area (Å²) in [7, 11) is 0. The van der Waals surface area contributed by atoms with E-state index in [9.17, 15) is 0 Å². The van der Waals surface area contributed by atoms with Gasteiger partial charge in [-0.1, -0.05) is 185 Å². The van der Waals surface area contributed by atoms with Crippen molar-refractivity contribution in [2.75, 3.05) is 4.90 Å². The largest absolute Gasteiger partial charge is 0.457 e. The van der Waals surface area contributed by atoms with Gasteiger partial charge >= 0.3 is 0 Å². The number of benzene rings is 9. The van der Waals surface area contributed by atoms with Crippen LogP contribution in [0.3, 0.4) is 0 Å². The minimum Gasteiger partial charge on any atom is -0.457 e. The Morgan fingerprint density at radius 2 is 0.923 bits per heavy atom. The smallest absolute Gasteiger partial charge is 0.127 e. The molecule has 0 N–H and O–H groups in total. The van der Waals surface area contributed by atoms with Crippen LogP contribution in [0.25, 0.3) is 33.4 Å². The summed E-state index contributed by atoms with van der Waals surface area (Å²) in [6, 6.07) is 78.5. The Kier molecular flexibility index (Phi) is 9.92. The average Bonchev–Trinajstić information content (AvgIpc) is 3.77. The summed E-state index contributed by atoms with van der Waals surface area (Å²) in [5.74, 6) is 2.18. The molecule has 316 valence electrons. The second-order valence-corrected chi connectivity index (χ2v) is 18.5. The lowest BCUT2D eigenvalue weighted by atomic mass is 9.67. The molecule has 11 rings (SSSR count). The maximum absolute atomic E-state index is 6.50. The molecule has 65 heavy (non-hydrogen) atoms. The Morgan fingerprint density at radius 1 is 0.446 bits per heavy atom. The molecule has 0 amide bonds. The molecule has 2 heteroatoms. The highest BCUT2D eigenvalue weighted by Gasteiger charge is 2.46. The van der Waals surface area contributed by atoms with Gasteiger partial charge in [0.15, 0.2) is 0 Å². The topological polar surface area (TPSA) is 12.5 Å². The van der Waals surface area contributed by atoms with Crippen molar-refractivity contribution in [3.05, 3.63) is 257 Å². The zero-order chi connectivity index (χ0) is 44.3. The molecule has 0 fully saturated rings. The van der Waals surface area contributed by atoms with E-state index in [2.05, 4.69) is 252 Å². The number of nitrogens with zero attached hydrogens (tertiary/aromatic N) is 1. The Labute approximate surface area is 384 Å². The standard InChI is InChI=1S/C63H53NO/c1-6-43(3)44-24-34-52(35-25-44)65-53-36-28-48(29-37-53)63(47-26-20-42(2)21-27-47)59-19-13-11-17-55(59)57-39-33-51(41-61(57)63)64(49-30-22-46(23-31-49)45-14-8-7-9-15-45)50-32-38-56-54-16-10-12-18-58(54)62(4,5)60(56)40-50/h7-41,43H,6H2,1-5H3. The fraction of sp³-hybridized carbons (Fsp3) is 0.143. The summed E-state index contributed by atoms with van der Waals surface area (Å²) in [6.45, 7) is 11.4. The monoisotopic (exact) mass is 839 g/mol. The molecule has 9 aromatic rings. The van der Waals surface area contributed by atoms with Crippen LogP contribution in [0.2, 0.25) is 0 Å². The highest BCUT2D eigenvalue weighted by atomic mass is 16.5. The number of rotatable bonds is 10. The predicted octanol–water partition coefficient (Wildman–Crippen LogP) is 17.1. The second kappa shape index (κ2) is 16.0. The molecule has 2 unspecified atom stereocenters. The van der Waals surface area contributed by atoms with Crippen molar-refractivity contribution in [3.63, 3.8) is 0 Å². The maximum atomic E-state index is 6.50. The van der Waals surface area contributed by atoms with Crippen molar-refractivity contribution >= 4 is 17.1 Å². The lowest BCUT2D eigenvalue weighted by Gasteiger charge is -2.35. The third-order valence-corrected chi connectivity index (χ3v) is 14.4. The van der Waals surface area contributed by atoms with E-state index in [1.54, 1.807) is 0 Å². The van der Waals surface area contributed by atoms with Gasteiger partial charge in [0.05, 0.1) is 5.41 Å². The number of anilines is 3. The van der Waals surface area contributed by atoms with Gasteiger partial charge in [0, 0.05) is 22.5 Å². The van der Waals surface area contributed by atoms with E-state index < -0.39 is 5.41 Å². The van der Waals surface area contributed by atoms with Gasteiger partial charge in [-0.2, -0.15) is 0 Å². The predicted molar refractivity (Wildman–Crippen MR) is 271 cm³/mol. The summed E-state index contributed by atoms with van der Waals surface area (Å²) >= 11 is 0. The molecule has 0 radical (unpaired) electrons. The van der Waals surface area contributed by atoms with Crippen LogP contribution >= 0.6 is 0 Å². The molecule has 9 aromatic carbocycles. The summed E-state index contributed by atoms with van der Waals surface area (Å²) in [4.78, 5) is 2.46. The van der Waals surface area contributed by atoms with Crippen molar-refractivity contribution in [1.29, 1.82) is 0 Å². The molecule has 0 saturated heterocycles. The summed E-state index contributed by atoms with van der Waals surface area (Å²) in [5, 5.41) is 0. The highest BCUT2D eigenvalue weighted by Crippen LogP contribution is 2.58. The number of hydrogen-bond donors (Lipinski definition) is 0. The van der Waals surface area contributed by atoms with E-state index >= 15 is 0 Å². The lowest BCUT2D eigenvalue weighted by molar-refractivity contribution is 0.481. The third-order valence-electron chi connectivity index (χ3n) is 14.4. The maximum Gasteiger partial charge on any atom is 0.127 e. The fourth-order valence-corrected chi connectivity index (χ4v) is 10.7. The number of fused-ring (bicyclic) bond motifs is 6. The van der Waals surface area contributed by atoms with Gasteiger partial charge < -0.3 is 9.64 Å². The molecule has 2 aliphatic rings. The Balaban J connectivity index is 1.08. The van der Waals surface area contributed by atoms with E-state index in [-0.39, 0.29) is 5.41 Å². The van der Waals surface area contributed by atoms with Crippen LogP contribution in [0.5, 0.6) is 11.5 Å². The number of hydrogen-bond acceptors (Lipinski definition) is 2. The van der Waals surface area contributed by atoms with Crippen LogP contribution in [0, 0.1) is 6.92 Å². The molecule has 0 aromatic heterocycles. The second-order valence-electron chi connectivity index (χ2n) is 18.5. The molecule has 0 heterocycles. The molecular weight excluding hydrogens is 787 g/mol. The summed E-state index contributed by atoms with van der Waals surface area (Å²) in [5.41, 5.74) is 20.4. The molecule has 0 spiro atoms. The summed E-state index contributed by atoms with van der Waals surface area (Å²) in [6.07, 6.45) is 1.11. The van der Waals surface area contributed by atoms with Crippen LogP contribution in [0.1, 0.15) is 84.5 Å². The Hall–Kier alpha value is -7.42. The molecule has 0 aliphatic heterocycles. The molecule has 2 aliphatic carbocycles. The SMILES string of the molecule is CCC(C)c1ccc(Oc2ccc(C3(c4ccc(C)cc4)c4ccccc4-c4ccc(N(c5ccc(-c6ccccc6)cc5)c5ccc6c(c5)C(C)(C)c5ccccc5-6)cc43)cc2)cc1. The van der Waals surface area contributed by atoms with Crippen molar-refractivity contribution in [2.24, 2.45) is 0 Å². The minimum atomic E-state index is -0.601. The molecular formula is C63H53NO. The summed E-state index contributed by atoms with van der Waals surface area (Å²) < 4.78 is 6.50. The quantitative estimate of drug-likeness (QED) is 0.136. The minimum absolute atomic E-state index is 0.141. The van der Waals surface area contributed by atoms with Gasteiger partial charge in [0.1, 0.15) is 11.5 Å². The van der Waals surface area contributed by atoms with Gasteiger partial charge in [-0.05, 0) is 152 Å². The zero-order valence-corrected chi connectivity index (χ0v) is 37.8. The first-order chi connectivity index (χ1) is 31.7. The van der Waals surface area contributed by atoms with Gasteiger partial charge in [-0.25, -0.2) is 0 Å². The van der Waals surface area contributed by atoms with E-state index in [0.717, 1.165) is 35.0 Å². The zero-order valence-electron chi connectivity index (χ0n) is 37.8. The first-order valence-corrected chi connectivity index (χ1v) is 23.1. The molecule has 2 nitrogen and oxygen atoms in total. The van der Waals surface area contributed by atoms with Gasteiger partial charge in [-0.15, -0.1) is 0 Å². The van der Waals surface area contributed by atoms with Crippen molar-refractivity contribution < 1.29 is 4.74 Å². The van der Waals surface area contributed by atoms with E-state index in [1.165, 1.54) is 77.9 Å². The van der Waals surface area contributed by atoms with Crippen LogP contribution in [0.15, 0.2) is 212 Å². The highest BCUT2D eigenvalue weighted by molar-refractivity contribution is 5.91. The Morgan fingerprint density at radius 3 is 1.55 bits per heavy atom. The number of ether oxygens (including phenoxy) is 1. The first kappa shape index (κ1) is 40.4. The van der Waals surface area contributed by atoms with Crippen LogP contribution < -0.4 is 9.64 Å². The molecule has 2 atom stereocenters. The normalized spacial score (nSPS) is 15.6. The fourth-order valence-electron chi connectivity index (χ4n) is 10.7. The van der Waals surface area contributed by atoms with Crippen LogP contribution in [-0.2, 0) is 10.8 Å².